The van der Waals surface area contributed by atoms with Gasteiger partial charge in [-0.25, -0.2) is 0 Å². The second-order valence-electron chi connectivity index (χ2n) is 6.19. The van der Waals surface area contributed by atoms with Crippen LogP contribution in [0.5, 0.6) is 0 Å². The smallest absolute Gasteiger partial charge is 0.276 e. The monoisotopic (exact) mass is 447 g/mol. The van der Waals surface area contributed by atoms with Gasteiger partial charge >= 0.3 is 0 Å². The summed E-state index contributed by atoms with van der Waals surface area (Å²) in [4.78, 5) is 16.3. The van der Waals surface area contributed by atoms with Crippen LogP contribution in [-0.2, 0) is 10.0 Å². The summed E-state index contributed by atoms with van der Waals surface area (Å²) in [5.74, 6) is -0.196. The van der Waals surface area contributed by atoms with Crippen molar-refractivity contribution in [2.24, 2.45) is 5.10 Å². The fourth-order valence-electron chi connectivity index (χ4n) is 2.43. The third-order valence-corrected chi connectivity index (χ3v) is 6.44. The molecule has 0 aliphatic rings. The van der Waals surface area contributed by atoms with Gasteiger partial charge in [-0.05, 0) is 67.9 Å². The van der Waals surface area contributed by atoms with Gasteiger partial charge in [0.2, 0.25) is 0 Å². The average molecular weight is 448 g/mol. The van der Waals surface area contributed by atoms with Crippen molar-refractivity contribution in [2.45, 2.75) is 18.7 Å². The van der Waals surface area contributed by atoms with E-state index in [1.54, 1.807) is 37.3 Å². The fraction of sp³-hybridized carbons (Fsp3) is 0.100. The van der Waals surface area contributed by atoms with Crippen molar-refractivity contribution in [3.63, 3.8) is 0 Å². The summed E-state index contributed by atoms with van der Waals surface area (Å²) in [6, 6.07) is 16.5. The summed E-state index contributed by atoms with van der Waals surface area (Å²) in [5.41, 5.74) is 1.71. The van der Waals surface area contributed by atoms with Crippen LogP contribution < -0.4 is 10.1 Å². The maximum atomic E-state index is 12.3. The molecule has 3 rings (SSSR count). The van der Waals surface area contributed by atoms with E-state index in [4.69, 9.17) is 11.6 Å². The van der Waals surface area contributed by atoms with Crippen molar-refractivity contribution < 1.29 is 13.2 Å². The Balaban J connectivity index is 1.73. The predicted molar refractivity (Wildman–Crippen MR) is 117 cm³/mol. The number of sulfonamides is 1. The minimum atomic E-state index is -3.81. The lowest BCUT2D eigenvalue weighted by atomic mass is 10.1. The Hall–Kier alpha value is -2.68. The number of nitrogens with one attached hydrogen (secondary N) is 2. The zero-order chi connectivity index (χ0) is 21.0. The second kappa shape index (κ2) is 8.77. The molecule has 1 amide bonds. The van der Waals surface area contributed by atoms with E-state index in [1.165, 1.54) is 35.6 Å². The van der Waals surface area contributed by atoms with E-state index < -0.39 is 10.0 Å². The molecule has 29 heavy (non-hydrogen) atoms. The van der Waals surface area contributed by atoms with Crippen LogP contribution in [0.25, 0.3) is 0 Å². The first-order chi connectivity index (χ1) is 13.7. The number of rotatable bonds is 6. The lowest BCUT2D eigenvalue weighted by Gasteiger charge is -2.08. The summed E-state index contributed by atoms with van der Waals surface area (Å²) in [5, 5.41) is 7.26. The average Bonchev–Trinajstić information content (AvgIpc) is 3.13. The number of hydrogen-bond donors (Lipinski definition) is 2. The summed E-state index contributed by atoms with van der Waals surface area (Å²) in [6.07, 6.45) is 0. The number of aryl methyl sites for hydroxylation is 1. The van der Waals surface area contributed by atoms with Crippen molar-refractivity contribution in [1.29, 1.82) is 0 Å². The number of benzene rings is 2. The molecule has 0 aliphatic carbocycles. The van der Waals surface area contributed by atoms with Crippen molar-refractivity contribution >= 4 is 50.3 Å². The zero-order valence-corrected chi connectivity index (χ0v) is 18.0. The van der Waals surface area contributed by atoms with Gasteiger partial charge in [-0.2, -0.15) is 18.4 Å². The first kappa shape index (κ1) is 21.0. The number of carbonyl (C=O) groups is 1. The molecule has 150 valence electrons. The van der Waals surface area contributed by atoms with Gasteiger partial charge in [0.25, 0.3) is 15.9 Å². The molecule has 0 aliphatic heterocycles. The Bertz CT molecular complexity index is 1170. The van der Waals surface area contributed by atoms with E-state index in [9.17, 15) is 13.2 Å². The molecule has 1 heterocycles. The molecule has 0 fully saturated rings. The zero-order valence-electron chi connectivity index (χ0n) is 15.6. The lowest BCUT2D eigenvalue weighted by Crippen LogP contribution is -2.20. The number of hydrogen-bond acceptors (Lipinski definition) is 5. The molecule has 0 saturated carbocycles. The Morgan fingerprint density at radius 3 is 2.45 bits per heavy atom. The highest BCUT2D eigenvalue weighted by Gasteiger charge is 2.13. The number of halogens is 1. The normalized spacial score (nSPS) is 11.9. The van der Waals surface area contributed by atoms with E-state index in [2.05, 4.69) is 15.2 Å². The van der Waals surface area contributed by atoms with Gasteiger partial charge in [-0.1, -0.05) is 23.7 Å². The summed E-state index contributed by atoms with van der Waals surface area (Å²) in [6.45, 7) is 3.61. The first-order valence-electron chi connectivity index (χ1n) is 8.54. The van der Waals surface area contributed by atoms with Crippen molar-refractivity contribution in [1.82, 2.24) is 4.83 Å². The second-order valence-corrected chi connectivity index (χ2v) is 9.58. The van der Waals surface area contributed by atoms with Gasteiger partial charge in [0.1, 0.15) is 0 Å². The molecular formula is C20H18ClN3O3S2. The molecule has 3 aromatic rings. The third-order valence-electron chi connectivity index (χ3n) is 3.96. The number of anilines is 1. The van der Waals surface area contributed by atoms with Gasteiger partial charge in [0.05, 0.1) is 15.5 Å². The predicted octanol–water partition coefficient (Wildman–Crippen LogP) is 4.66. The van der Waals surface area contributed by atoms with Crippen LogP contribution in [0.2, 0.25) is 5.02 Å². The molecule has 2 aromatic carbocycles. The van der Waals surface area contributed by atoms with Crippen molar-refractivity contribution in [3.05, 3.63) is 81.0 Å². The molecule has 6 nitrogen and oxygen atoms in total. The van der Waals surface area contributed by atoms with Gasteiger partial charge in [-0.15, -0.1) is 11.3 Å². The van der Waals surface area contributed by atoms with E-state index in [0.29, 0.717) is 26.9 Å². The van der Waals surface area contributed by atoms with Gasteiger partial charge in [0.15, 0.2) is 0 Å². The summed E-state index contributed by atoms with van der Waals surface area (Å²) < 4.78 is 24.7. The molecule has 0 unspecified atom stereocenters. The van der Waals surface area contributed by atoms with Gasteiger partial charge < -0.3 is 5.32 Å². The Morgan fingerprint density at radius 2 is 1.79 bits per heavy atom. The summed E-state index contributed by atoms with van der Waals surface area (Å²) in [7, 11) is -3.81. The van der Waals surface area contributed by atoms with Crippen molar-refractivity contribution in [3.8, 4) is 0 Å². The molecule has 0 bridgehead atoms. The molecule has 2 N–H and O–H groups in total. The quantitative estimate of drug-likeness (QED) is 0.425. The number of nitrogens with zero attached hydrogens (tertiary/aromatic N) is 1. The highest BCUT2D eigenvalue weighted by Crippen LogP contribution is 2.18. The lowest BCUT2D eigenvalue weighted by molar-refractivity contribution is 0.103. The van der Waals surface area contributed by atoms with E-state index in [0.717, 1.165) is 4.88 Å². The molecule has 0 spiro atoms. The molecule has 1 aromatic heterocycles. The SMILES string of the molecule is C/C(=N\NS(=O)(=O)c1ccc(Cl)cc1)c1cccc(NC(=O)c2ccc(C)s2)c1. The Kier molecular flexibility index (Phi) is 6.36. The topological polar surface area (TPSA) is 87.6 Å². The van der Waals surface area contributed by atoms with E-state index >= 15 is 0 Å². The van der Waals surface area contributed by atoms with Crippen LogP contribution in [0.3, 0.4) is 0 Å². The number of amides is 1. The number of carbonyl (C=O) groups excluding carboxylic acids is 1. The van der Waals surface area contributed by atoms with Crippen LogP contribution in [0.15, 0.2) is 70.7 Å². The van der Waals surface area contributed by atoms with Gasteiger partial charge in [-0.3, -0.25) is 4.79 Å². The number of thiophene rings is 1. The minimum absolute atomic E-state index is 0.0608. The largest absolute Gasteiger partial charge is 0.321 e. The van der Waals surface area contributed by atoms with Crippen LogP contribution in [0, 0.1) is 6.92 Å². The maximum absolute atomic E-state index is 12.3. The molecule has 0 radical (unpaired) electrons. The van der Waals surface area contributed by atoms with E-state index in [1.807, 2.05) is 13.0 Å². The maximum Gasteiger partial charge on any atom is 0.276 e. The highest BCUT2D eigenvalue weighted by molar-refractivity contribution is 7.89. The molecule has 9 heteroatoms. The third kappa shape index (κ3) is 5.44. The molecular weight excluding hydrogens is 430 g/mol. The Labute approximate surface area is 178 Å². The van der Waals surface area contributed by atoms with Crippen LogP contribution in [0.1, 0.15) is 27.0 Å². The minimum Gasteiger partial charge on any atom is -0.321 e. The summed E-state index contributed by atoms with van der Waals surface area (Å²) >= 11 is 7.20. The van der Waals surface area contributed by atoms with Gasteiger partial charge in [0, 0.05) is 15.6 Å². The van der Waals surface area contributed by atoms with Crippen LogP contribution in [0.4, 0.5) is 5.69 Å². The van der Waals surface area contributed by atoms with Crippen LogP contribution >= 0.6 is 22.9 Å². The Morgan fingerprint density at radius 1 is 1.07 bits per heavy atom. The standard InChI is InChI=1S/C20H18ClN3O3S2/c1-13-6-11-19(28-13)20(25)22-17-5-3-4-15(12-17)14(2)23-24-29(26,27)18-9-7-16(21)8-10-18/h3-12,24H,1-2H3,(H,22,25)/b23-14+. The highest BCUT2D eigenvalue weighted by atomic mass is 35.5. The molecule has 0 saturated heterocycles. The fourth-order valence-corrected chi connectivity index (χ4v) is 4.18. The van der Waals surface area contributed by atoms with Crippen LogP contribution in [-0.4, -0.2) is 20.0 Å². The molecule has 0 atom stereocenters. The first-order valence-corrected chi connectivity index (χ1v) is 11.2. The van der Waals surface area contributed by atoms with E-state index in [-0.39, 0.29) is 10.8 Å². The number of hydrazone groups is 1. The van der Waals surface area contributed by atoms with Crippen molar-refractivity contribution in [2.75, 3.05) is 5.32 Å².